The van der Waals surface area contributed by atoms with Gasteiger partial charge in [-0.05, 0) is 54.5 Å². The van der Waals surface area contributed by atoms with E-state index in [1.165, 1.54) is 0 Å². The number of nitrogens with two attached hydrogens (primary N) is 1. The van der Waals surface area contributed by atoms with Gasteiger partial charge in [-0.2, -0.15) is 0 Å². The van der Waals surface area contributed by atoms with Gasteiger partial charge < -0.3 is 9.30 Å². The van der Waals surface area contributed by atoms with Crippen molar-refractivity contribution in [3.05, 3.63) is 93.6 Å². The number of hydrogen-bond donors (Lipinski definition) is 1. The van der Waals surface area contributed by atoms with Gasteiger partial charge in [0.25, 0.3) is 0 Å². The smallest absolute Gasteiger partial charge is 0.234 e. The van der Waals surface area contributed by atoms with Crippen LogP contribution < -0.4 is 9.88 Å². The molecule has 156 valence electrons. The lowest BCUT2D eigenvalue weighted by Gasteiger charge is -2.10. The van der Waals surface area contributed by atoms with Gasteiger partial charge in [-0.15, -0.1) is 0 Å². The molecule has 0 radical (unpaired) electrons. The molecule has 1 heterocycles. The third kappa shape index (κ3) is 4.69. The van der Waals surface area contributed by atoms with E-state index >= 15 is 0 Å². The van der Waals surface area contributed by atoms with Crippen molar-refractivity contribution >= 4 is 21.9 Å². The maximum Gasteiger partial charge on any atom is 0.234 e. The van der Waals surface area contributed by atoms with Gasteiger partial charge >= 0.3 is 0 Å². The fourth-order valence-electron chi connectivity index (χ4n) is 3.35. The van der Waals surface area contributed by atoms with E-state index in [9.17, 15) is 13.2 Å². The number of carbonyl (C=O) groups excluding carboxylic acids is 1. The van der Waals surface area contributed by atoms with E-state index in [0.717, 1.165) is 11.1 Å². The number of aromatic nitrogens is 1. The lowest BCUT2D eigenvalue weighted by molar-refractivity contribution is 0.103. The number of hydrogen-bond acceptors (Lipinski definition) is 4. The standard InChI is InChI=1S/C23H24N2O4S/c1-16-13-19(15-21(30(24,27)28)14-17-7-5-4-6-8-17)25(2)22(16)23(26)18-9-11-20(29-3)12-10-18/h4-14H,15H2,1-3H3,(H2,24,27,28)/b21-14-. The summed E-state index contributed by atoms with van der Waals surface area (Å²) >= 11 is 0. The molecule has 2 N–H and O–H groups in total. The van der Waals surface area contributed by atoms with E-state index in [0.29, 0.717) is 22.7 Å². The fourth-order valence-corrected chi connectivity index (χ4v) is 4.00. The Bertz CT molecular complexity index is 1190. The first-order valence-electron chi connectivity index (χ1n) is 9.33. The molecular formula is C23H24N2O4S. The minimum atomic E-state index is -3.91. The number of rotatable bonds is 7. The summed E-state index contributed by atoms with van der Waals surface area (Å²) < 4.78 is 31.2. The zero-order chi connectivity index (χ0) is 21.9. The van der Waals surface area contributed by atoms with E-state index in [-0.39, 0.29) is 17.1 Å². The fraction of sp³-hybridized carbons (Fsp3) is 0.174. The Balaban J connectivity index is 1.97. The van der Waals surface area contributed by atoms with Gasteiger partial charge in [0.1, 0.15) is 5.75 Å². The molecule has 0 bridgehead atoms. The number of nitrogens with zero attached hydrogens (tertiary/aromatic N) is 1. The summed E-state index contributed by atoms with van der Waals surface area (Å²) in [6, 6.07) is 17.8. The molecule has 7 heteroatoms. The Hall–Kier alpha value is -3.16. The summed E-state index contributed by atoms with van der Waals surface area (Å²) in [6.07, 6.45) is 1.64. The zero-order valence-electron chi connectivity index (χ0n) is 17.1. The SMILES string of the molecule is COc1ccc(C(=O)c2c(C)cc(C/C(=C/c3ccccc3)S(N)(=O)=O)n2C)cc1. The second-order valence-electron chi connectivity index (χ2n) is 7.03. The summed E-state index contributed by atoms with van der Waals surface area (Å²) in [5, 5.41) is 5.46. The molecule has 2 aromatic carbocycles. The van der Waals surface area contributed by atoms with Gasteiger partial charge in [0.05, 0.1) is 17.7 Å². The number of methoxy groups -OCH3 is 1. The third-order valence-corrected chi connectivity index (χ3v) is 5.93. The van der Waals surface area contributed by atoms with E-state index in [2.05, 4.69) is 0 Å². The van der Waals surface area contributed by atoms with E-state index in [4.69, 9.17) is 9.88 Å². The van der Waals surface area contributed by atoms with E-state index in [1.807, 2.05) is 31.2 Å². The number of carbonyl (C=O) groups is 1. The molecule has 3 aromatic rings. The Morgan fingerprint density at radius 3 is 2.30 bits per heavy atom. The quantitative estimate of drug-likeness (QED) is 0.588. The average molecular weight is 425 g/mol. The van der Waals surface area contributed by atoms with Crippen LogP contribution in [0.2, 0.25) is 0 Å². The van der Waals surface area contributed by atoms with Crippen molar-refractivity contribution in [2.45, 2.75) is 13.3 Å². The monoisotopic (exact) mass is 424 g/mol. The third-order valence-electron chi connectivity index (χ3n) is 4.94. The molecule has 0 aliphatic heterocycles. The Morgan fingerprint density at radius 2 is 1.73 bits per heavy atom. The number of benzene rings is 2. The predicted octanol–water partition coefficient (Wildman–Crippen LogP) is 3.45. The highest BCUT2D eigenvalue weighted by atomic mass is 32.2. The number of primary sulfonamides is 1. The highest BCUT2D eigenvalue weighted by Gasteiger charge is 2.21. The lowest BCUT2D eigenvalue weighted by atomic mass is 10.1. The van der Waals surface area contributed by atoms with Crippen LogP contribution >= 0.6 is 0 Å². The summed E-state index contributed by atoms with van der Waals surface area (Å²) in [4.78, 5) is 13.1. The maximum atomic E-state index is 13.1. The molecule has 6 nitrogen and oxygen atoms in total. The van der Waals surface area contributed by atoms with Crippen molar-refractivity contribution in [2.24, 2.45) is 12.2 Å². The molecule has 0 unspecified atom stereocenters. The molecule has 0 aliphatic carbocycles. The van der Waals surface area contributed by atoms with Crippen LogP contribution in [0.25, 0.3) is 6.08 Å². The van der Waals surface area contributed by atoms with Crippen LogP contribution in [0.5, 0.6) is 5.75 Å². The predicted molar refractivity (Wildman–Crippen MR) is 118 cm³/mol. The van der Waals surface area contributed by atoms with Crippen molar-refractivity contribution in [3.8, 4) is 5.75 Å². The number of ether oxygens (including phenoxy) is 1. The summed E-state index contributed by atoms with van der Waals surface area (Å²) in [5.41, 5.74) is 3.21. The van der Waals surface area contributed by atoms with Gasteiger partial charge in [0.15, 0.2) is 0 Å². The minimum Gasteiger partial charge on any atom is -0.497 e. The molecule has 0 amide bonds. The summed E-state index contributed by atoms with van der Waals surface area (Å²) in [5.74, 6) is 0.521. The van der Waals surface area contributed by atoms with Gasteiger partial charge in [-0.3, -0.25) is 4.79 Å². The highest BCUT2D eigenvalue weighted by molar-refractivity contribution is 7.93. The molecular weight excluding hydrogens is 400 g/mol. The van der Waals surface area contributed by atoms with E-state index < -0.39 is 10.0 Å². The van der Waals surface area contributed by atoms with Crippen LogP contribution in [-0.4, -0.2) is 25.9 Å². The van der Waals surface area contributed by atoms with Crippen molar-refractivity contribution in [2.75, 3.05) is 7.11 Å². The van der Waals surface area contributed by atoms with Crippen molar-refractivity contribution in [1.82, 2.24) is 4.57 Å². The van der Waals surface area contributed by atoms with Gasteiger partial charge in [-0.25, -0.2) is 13.6 Å². The van der Waals surface area contributed by atoms with Crippen LogP contribution in [0.15, 0.2) is 65.6 Å². The number of ketones is 1. The van der Waals surface area contributed by atoms with Crippen LogP contribution in [0.3, 0.4) is 0 Å². The molecule has 0 aliphatic rings. The Morgan fingerprint density at radius 1 is 1.10 bits per heavy atom. The highest BCUT2D eigenvalue weighted by Crippen LogP contribution is 2.23. The van der Waals surface area contributed by atoms with Crippen molar-refractivity contribution in [1.29, 1.82) is 0 Å². The van der Waals surface area contributed by atoms with E-state index in [1.54, 1.807) is 61.2 Å². The molecule has 0 saturated carbocycles. The van der Waals surface area contributed by atoms with Crippen LogP contribution in [0, 0.1) is 6.92 Å². The number of sulfonamides is 1. The largest absolute Gasteiger partial charge is 0.497 e. The number of aryl methyl sites for hydroxylation is 1. The first-order chi connectivity index (χ1) is 14.2. The molecule has 0 atom stereocenters. The van der Waals surface area contributed by atoms with Gasteiger partial charge in [-0.1, -0.05) is 30.3 Å². The molecule has 0 fully saturated rings. The van der Waals surface area contributed by atoms with Gasteiger partial charge in [0.2, 0.25) is 15.8 Å². The number of allylic oxidation sites excluding steroid dienone is 1. The van der Waals surface area contributed by atoms with Crippen LogP contribution in [-0.2, 0) is 23.5 Å². The van der Waals surface area contributed by atoms with Crippen molar-refractivity contribution < 1.29 is 17.9 Å². The molecule has 1 aromatic heterocycles. The summed E-state index contributed by atoms with van der Waals surface area (Å²) in [7, 11) is -0.594. The average Bonchev–Trinajstić information content (AvgIpc) is 3.00. The maximum absolute atomic E-state index is 13.1. The zero-order valence-corrected chi connectivity index (χ0v) is 17.9. The second kappa shape index (κ2) is 8.69. The Kier molecular flexibility index (Phi) is 6.24. The molecule has 0 saturated heterocycles. The molecule has 0 spiro atoms. The normalized spacial score (nSPS) is 12.1. The Labute approximate surface area is 176 Å². The van der Waals surface area contributed by atoms with Crippen molar-refractivity contribution in [3.63, 3.8) is 0 Å². The lowest BCUT2D eigenvalue weighted by Crippen LogP contribution is -2.18. The molecule has 3 rings (SSSR count). The molecule has 30 heavy (non-hydrogen) atoms. The minimum absolute atomic E-state index is 0.0812. The summed E-state index contributed by atoms with van der Waals surface area (Å²) in [6.45, 7) is 1.83. The first kappa shape index (κ1) is 21.5. The van der Waals surface area contributed by atoms with Gasteiger partial charge in [0, 0.05) is 24.7 Å². The second-order valence-corrected chi connectivity index (χ2v) is 8.64. The topological polar surface area (TPSA) is 91.4 Å². The first-order valence-corrected chi connectivity index (χ1v) is 10.9. The van der Waals surface area contributed by atoms with Crippen LogP contribution in [0.1, 0.15) is 32.9 Å². The van der Waals surface area contributed by atoms with Crippen LogP contribution in [0.4, 0.5) is 0 Å².